The number of piperidine rings is 1. The van der Waals surface area contributed by atoms with Crippen LogP contribution in [0.1, 0.15) is 83.1 Å². The van der Waals surface area contributed by atoms with Crippen molar-refractivity contribution in [2.24, 2.45) is 0 Å². The fraction of sp³-hybridized carbons (Fsp3) is 0.400. The van der Waals surface area contributed by atoms with Gasteiger partial charge in [-0.3, -0.25) is 34.3 Å². The van der Waals surface area contributed by atoms with Gasteiger partial charge in [0, 0.05) is 85.9 Å². The Morgan fingerprint density at radius 2 is 1.79 bits per heavy atom. The summed E-state index contributed by atoms with van der Waals surface area (Å²) in [4.78, 5) is 71.1. The van der Waals surface area contributed by atoms with Crippen LogP contribution in [0, 0.1) is 11.8 Å². The lowest BCUT2D eigenvalue weighted by Crippen LogP contribution is -2.52. The van der Waals surface area contributed by atoms with Gasteiger partial charge in [0.1, 0.15) is 17.7 Å². The van der Waals surface area contributed by atoms with Crippen molar-refractivity contribution >= 4 is 46.2 Å². The number of benzene rings is 1. The van der Waals surface area contributed by atoms with Gasteiger partial charge in [-0.2, -0.15) is 0 Å². The standard InChI is InChI=1S/C38H39N9O4.C2H6/c1-44-13-4-8-31(44)30-19-26-22-39-33(20-29(26)41-30)42-36(49)25-9-11-34(40-21-25)46-17-15-45(16-18-46)14-3-6-24-5-2-7-27-28(24)23-47(38(27)51)32-10-12-35(48)43-37(32)50;1-2/h2,5,7,9,11,19-22,31-32,41H,4,8,10,12-18,23H2,1H3,(H,39,42,49)(H,43,48,50);1-2H3. The molecule has 2 atom stereocenters. The largest absolute Gasteiger partial charge is 0.357 e. The van der Waals surface area contributed by atoms with Gasteiger partial charge in [0.2, 0.25) is 11.8 Å². The highest BCUT2D eigenvalue weighted by atomic mass is 16.2. The Morgan fingerprint density at radius 1 is 0.962 bits per heavy atom. The number of H-pyrrole nitrogens is 1. The molecular formula is C40H45N9O4. The molecule has 0 radical (unpaired) electrons. The Balaban J connectivity index is 0.00000214. The second-order valence-electron chi connectivity index (χ2n) is 13.7. The molecule has 274 valence electrons. The third-order valence-electron chi connectivity index (χ3n) is 10.5. The van der Waals surface area contributed by atoms with Crippen molar-refractivity contribution in [3.8, 4) is 11.8 Å². The number of likely N-dealkylation sites (tertiary alicyclic amines) is 1. The summed E-state index contributed by atoms with van der Waals surface area (Å²) in [6.07, 6.45) is 6.27. The lowest BCUT2D eigenvalue weighted by Gasteiger charge is -2.34. The van der Waals surface area contributed by atoms with E-state index in [1.54, 1.807) is 29.4 Å². The van der Waals surface area contributed by atoms with Crippen LogP contribution in [0.15, 0.2) is 54.9 Å². The normalized spacial score (nSPS) is 20.4. The fourth-order valence-electron chi connectivity index (χ4n) is 7.58. The van der Waals surface area contributed by atoms with E-state index < -0.39 is 11.9 Å². The highest BCUT2D eigenvalue weighted by molar-refractivity contribution is 6.06. The summed E-state index contributed by atoms with van der Waals surface area (Å²) < 4.78 is 0. The van der Waals surface area contributed by atoms with Crippen molar-refractivity contribution in [2.45, 2.75) is 58.2 Å². The topological polar surface area (TPSA) is 147 Å². The van der Waals surface area contributed by atoms with Gasteiger partial charge in [0.15, 0.2) is 0 Å². The lowest BCUT2D eigenvalue weighted by atomic mass is 10.0. The average molecular weight is 716 g/mol. The zero-order valence-corrected chi connectivity index (χ0v) is 30.4. The Morgan fingerprint density at radius 3 is 2.53 bits per heavy atom. The third kappa shape index (κ3) is 7.51. The molecule has 3 fully saturated rings. The highest BCUT2D eigenvalue weighted by Gasteiger charge is 2.39. The van der Waals surface area contributed by atoms with Crippen molar-refractivity contribution in [3.63, 3.8) is 0 Å². The van der Waals surface area contributed by atoms with Crippen LogP contribution in [0.4, 0.5) is 11.6 Å². The number of imide groups is 1. The van der Waals surface area contributed by atoms with Crippen molar-refractivity contribution < 1.29 is 19.2 Å². The minimum atomic E-state index is -0.650. The van der Waals surface area contributed by atoms with E-state index in [1.165, 1.54) is 12.1 Å². The van der Waals surface area contributed by atoms with Crippen molar-refractivity contribution in [3.05, 3.63) is 82.8 Å². The number of nitrogens with one attached hydrogen (secondary N) is 3. The molecule has 1 aromatic carbocycles. The SMILES string of the molecule is CC.CN1CCCC1c1cc2cnc(NC(=O)c3ccc(N4CCN(CC#Cc5cccc6c5CN(C5CCC(=O)NC5=O)C6=O)CC4)nc3)cc2[nH]1. The number of piperazine rings is 1. The maximum atomic E-state index is 13.1. The number of aromatic nitrogens is 3. The summed E-state index contributed by atoms with van der Waals surface area (Å²) in [6.45, 7) is 9.13. The molecule has 0 aliphatic carbocycles. The van der Waals surface area contributed by atoms with Gasteiger partial charge < -0.3 is 20.1 Å². The quantitative estimate of drug-likeness (QED) is 0.200. The molecule has 3 N–H and O–H groups in total. The Hall–Kier alpha value is -5.58. The molecule has 4 amide bonds. The molecule has 13 nitrogen and oxygen atoms in total. The summed E-state index contributed by atoms with van der Waals surface area (Å²) in [5.41, 5.74) is 4.76. The van der Waals surface area contributed by atoms with Gasteiger partial charge in [0.05, 0.1) is 17.6 Å². The van der Waals surface area contributed by atoms with Gasteiger partial charge in [0.25, 0.3) is 11.8 Å². The van der Waals surface area contributed by atoms with Crippen LogP contribution in [0.25, 0.3) is 10.9 Å². The zero-order valence-electron chi connectivity index (χ0n) is 30.4. The number of anilines is 2. The number of rotatable bonds is 6. The molecule has 7 heterocycles. The fourth-order valence-corrected chi connectivity index (χ4v) is 7.58. The molecule has 4 aromatic rings. The maximum absolute atomic E-state index is 13.1. The molecule has 13 heteroatoms. The first-order valence-electron chi connectivity index (χ1n) is 18.5. The monoisotopic (exact) mass is 715 g/mol. The first-order chi connectivity index (χ1) is 25.8. The minimum Gasteiger partial charge on any atom is -0.357 e. The summed E-state index contributed by atoms with van der Waals surface area (Å²) in [5, 5.41) is 6.28. The number of fused-ring (bicyclic) bond motifs is 2. The van der Waals surface area contributed by atoms with E-state index in [0.717, 1.165) is 67.0 Å². The van der Waals surface area contributed by atoms with Gasteiger partial charge in [-0.15, -0.1) is 0 Å². The summed E-state index contributed by atoms with van der Waals surface area (Å²) in [6, 6.07) is 12.9. The summed E-state index contributed by atoms with van der Waals surface area (Å²) in [7, 11) is 2.15. The highest BCUT2D eigenvalue weighted by Crippen LogP contribution is 2.32. The number of hydrogen-bond acceptors (Lipinski definition) is 9. The average Bonchev–Trinajstić information content (AvgIpc) is 3.89. The molecule has 0 bridgehead atoms. The smallest absolute Gasteiger partial charge is 0.258 e. The van der Waals surface area contributed by atoms with Gasteiger partial charge in [-0.1, -0.05) is 31.8 Å². The molecule has 3 saturated heterocycles. The number of amides is 4. The van der Waals surface area contributed by atoms with E-state index in [0.29, 0.717) is 42.5 Å². The number of carbonyl (C=O) groups excluding carboxylic acids is 4. The first kappa shape index (κ1) is 35.8. The Kier molecular flexibility index (Phi) is 10.5. The van der Waals surface area contributed by atoms with E-state index in [4.69, 9.17) is 0 Å². The molecule has 0 saturated carbocycles. The summed E-state index contributed by atoms with van der Waals surface area (Å²) >= 11 is 0. The molecule has 2 unspecified atom stereocenters. The number of carbonyl (C=O) groups is 4. The molecular weight excluding hydrogens is 670 g/mol. The molecule has 53 heavy (non-hydrogen) atoms. The second kappa shape index (κ2) is 15.6. The van der Waals surface area contributed by atoms with E-state index >= 15 is 0 Å². The third-order valence-corrected chi connectivity index (χ3v) is 10.5. The molecule has 8 rings (SSSR count). The van der Waals surface area contributed by atoms with Crippen molar-refractivity contribution in [1.29, 1.82) is 0 Å². The Labute approximate surface area is 309 Å². The van der Waals surface area contributed by atoms with Crippen molar-refractivity contribution in [1.82, 2.24) is 35.0 Å². The number of aromatic amines is 1. The van der Waals surface area contributed by atoms with E-state index in [9.17, 15) is 19.2 Å². The van der Waals surface area contributed by atoms with Crippen LogP contribution in [-0.2, 0) is 16.1 Å². The van der Waals surface area contributed by atoms with Crippen LogP contribution >= 0.6 is 0 Å². The lowest BCUT2D eigenvalue weighted by molar-refractivity contribution is -0.136. The van der Waals surface area contributed by atoms with Crippen LogP contribution in [-0.4, -0.2) is 106 Å². The van der Waals surface area contributed by atoms with E-state index in [-0.39, 0.29) is 24.1 Å². The molecule has 0 spiro atoms. The molecule has 4 aliphatic rings. The first-order valence-corrected chi connectivity index (χ1v) is 18.5. The maximum Gasteiger partial charge on any atom is 0.258 e. The molecule has 4 aliphatic heterocycles. The van der Waals surface area contributed by atoms with Gasteiger partial charge >= 0.3 is 0 Å². The number of pyridine rings is 2. The zero-order chi connectivity index (χ0) is 37.1. The van der Waals surface area contributed by atoms with E-state index in [1.807, 2.05) is 38.1 Å². The molecule has 3 aromatic heterocycles. The van der Waals surface area contributed by atoms with Crippen molar-refractivity contribution in [2.75, 3.05) is 56.5 Å². The van der Waals surface area contributed by atoms with Gasteiger partial charge in [-0.25, -0.2) is 9.97 Å². The van der Waals surface area contributed by atoms with Gasteiger partial charge in [-0.05, 0) is 68.8 Å². The minimum absolute atomic E-state index is 0.200. The predicted molar refractivity (Wildman–Crippen MR) is 202 cm³/mol. The number of nitrogens with zero attached hydrogens (tertiary/aromatic N) is 6. The second-order valence-corrected chi connectivity index (χ2v) is 13.7. The van der Waals surface area contributed by atoms with Crippen LogP contribution in [0.5, 0.6) is 0 Å². The predicted octanol–water partition coefficient (Wildman–Crippen LogP) is 3.94. The summed E-state index contributed by atoms with van der Waals surface area (Å²) in [5.74, 6) is 6.66. The van der Waals surface area contributed by atoms with E-state index in [2.05, 4.69) is 65.2 Å². The Bertz CT molecular complexity index is 2090. The van der Waals surface area contributed by atoms with Crippen LogP contribution in [0.3, 0.4) is 0 Å². The van der Waals surface area contributed by atoms with Crippen LogP contribution in [0.2, 0.25) is 0 Å². The number of hydrogen-bond donors (Lipinski definition) is 3. The van der Waals surface area contributed by atoms with Crippen LogP contribution < -0.4 is 15.5 Å².